The minimum atomic E-state index is -0.679. The Bertz CT molecular complexity index is 94.3. The summed E-state index contributed by atoms with van der Waals surface area (Å²) in [5.74, 6) is 0. The molecule has 1 heterocycles. The molecule has 1 aliphatic rings. The van der Waals surface area contributed by atoms with E-state index in [9.17, 15) is 0 Å². The van der Waals surface area contributed by atoms with Crippen molar-refractivity contribution in [1.82, 2.24) is 0 Å². The maximum atomic E-state index is 9.02. The zero-order valence-corrected chi connectivity index (χ0v) is 5.45. The fraction of sp³-hybridized carbons (Fsp3) is 1.00. The van der Waals surface area contributed by atoms with Gasteiger partial charge in [-0.05, 0) is 6.92 Å². The molecule has 0 radical (unpaired) electrons. The Kier molecular flexibility index (Phi) is 2.05. The van der Waals surface area contributed by atoms with Crippen molar-refractivity contribution in [2.24, 2.45) is 0 Å². The molecule has 0 bridgehead atoms. The van der Waals surface area contributed by atoms with Gasteiger partial charge in [0.1, 0.15) is 6.10 Å². The van der Waals surface area contributed by atoms with E-state index in [-0.39, 0.29) is 12.7 Å². The highest BCUT2D eigenvalue weighted by Crippen LogP contribution is 2.12. The van der Waals surface area contributed by atoms with Crippen LogP contribution in [0.2, 0.25) is 0 Å². The van der Waals surface area contributed by atoms with Crippen LogP contribution in [0.5, 0.6) is 0 Å². The van der Waals surface area contributed by atoms with Crippen molar-refractivity contribution in [1.29, 1.82) is 0 Å². The quantitative estimate of drug-likeness (QED) is 0.468. The molecule has 0 aromatic rings. The molecule has 0 aliphatic carbocycles. The Hall–Kier alpha value is -0.120. The van der Waals surface area contributed by atoms with Crippen molar-refractivity contribution in [2.75, 3.05) is 6.61 Å². The number of hydrogen-bond donors (Lipinski definition) is 2. The van der Waals surface area contributed by atoms with Gasteiger partial charge in [0.05, 0.1) is 18.8 Å². The number of aliphatic hydroxyl groups is 2. The van der Waals surface area contributed by atoms with E-state index < -0.39 is 12.2 Å². The molecule has 1 saturated heterocycles. The predicted molar refractivity (Wildman–Crippen MR) is 32.0 cm³/mol. The normalized spacial score (nSPS) is 45.0. The SMILES string of the molecule is C[C@H]1CC(O)C(O)CO1. The zero-order valence-electron chi connectivity index (χ0n) is 5.45. The van der Waals surface area contributed by atoms with Gasteiger partial charge < -0.3 is 14.9 Å². The summed E-state index contributed by atoms with van der Waals surface area (Å²) >= 11 is 0. The minimum absolute atomic E-state index is 0.0865. The molecule has 1 aliphatic heterocycles. The summed E-state index contributed by atoms with van der Waals surface area (Å²) in [5, 5.41) is 17.9. The van der Waals surface area contributed by atoms with Gasteiger partial charge in [-0.3, -0.25) is 0 Å². The average Bonchev–Trinajstić information content (AvgIpc) is 1.80. The number of ether oxygens (including phenoxy) is 1. The monoisotopic (exact) mass is 132 g/mol. The molecule has 54 valence electrons. The fourth-order valence-corrected chi connectivity index (χ4v) is 0.939. The maximum absolute atomic E-state index is 9.02. The first kappa shape index (κ1) is 6.99. The summed E-state index contributed by atoms with van der Waals surface area (Å²) in [7, 11) is 0. The topological polar surface area (TPSA) is 49.7 Å². The second-order valence-electron chi connectivity index (χ2n) is 2.51. The lowest BCUT2D eigenvalue weighted by atomic mass is 10.1. The van der Waals surface area contributed by atoms with Gasteiger partial charge in [-0.15, -0.1) is 0 Å². The molecule has 1 fully saturated rings. The Morgan fingerprint density at radius 3 is 2.44 bits per heavy atom. The molecule has 0 aromatic carbocycles. The Morgan fingerprint density at radius 1 is 1.33 bits per heavy atom. The predicted octanol–water partition coefficient (Wildman–Crippen LogP) is -0.483. The van der Waals surface area contributed by atoms with Crippen LogP contribution in [0, 0.1) is 0 Å². The summed E-state index contributed by atoms with van der Waals surface area (Å²) in [6.07, 6.45) is -0.639. The third kappa shape index (κ3) is 1.64. The van der Waals surface area contributed by atoms with E-state index in [2.05, 4.69) is 0 Å². The van der Waals surface area contributed by atoms with Gasteiger partial charge in [-0.25, -0.2) is 0 Å². The van der Waals surface area contributed by atoms with Crippen LogP contribution in [0.4, 0.5) is 0 Å². The van der Waals surface area contributed by atoms with Crippen LogP contribution in [0.15, 0.2) is 0 Å². The molecule has 0 saturated carbocycles. The highest BCUT2D eigenvalue weighted by atomic mass is 16.5. The third-order valence-corrected chi connectivity index (χ3v) is 1.57. The van der Waals surface area contributed by atoms with Crippen LogP contribution in [0.3, 0.4) is 0 Å². The average molecular weight is 132 g/mol. The van der Waals surface area contributed by atoms with Crippen molar-refractivity contribution < 1.29 is 14.9 Å². The van der Waals surface area contributed by atoms with Crippen molar-refractivity contribution in [3.63, 3.8) is 0 Å². The van der Waals surface area contributed by atoms with Crippen LogP contribution in [-0.4, -0.2) is 35.1 Å². The van der Waals surface area contributed by atoms with Gasteiger partial charge in [0.2, 0.25) is 0 Å². The molecule has 0 spiro atoms. The molecule has 0 amide bonds. The van der Waals surface area contributed by atoms with Crippen LogP contribution in [0.1, 0.15) is 13.3 Å². The van der Waals surface area contributed by atoms with E-state index in [1.54, 1.807) is 0 Å². The van der Waals surface area contributed by atoms with Crippen molar-refractivity contribution in [3.05, 3.63) is 0 Å². The first-order valence-electron chi connectivity index (χ1n) is 3.18. The van der Waals surface area contributed by atoms with Crippen LogP contribution in [-0.2, 0) is 4.74 Å². The van der Waals surface area contributed by atoms with Gasteiger partial charge in [-0.1, -0.05) is 0 Å². The molecule has 3 nitrogen and oxygen atoms in total. The molecular weight excluding hydrogens is 120 g/mol. The molecule has 3 atom stereocenters. The molecule has 2 N–H and O–H groups in total. The molecular formula is C6H12O3. The fourth-order valence-electron chi connectivity index (χ4n) is 0.939. The lowest BCUT2D eigenvalue weighted by Gasteiger charge is -2.27. The van der Waals surface area contributed by atoms with E-state index in [4.69, 9.17) is 14.9 Å². The Morgan fingerprint density at radius 2 is 2.00 bits per heavy atom. The first-order valence-corrected chi connectivity index (χ1v) is 3.18. The highest BCUT2D eigenvalue weighted by Gasteiger charge is 2.25. The van der Waals surface area contributed by atoms with E-state index in [1.165, 1.54) is 0 Å². The van der Waals surface area contributed by atoms with E-state index in [0.29, 0.717) is 6.42 Å². The van der Waals surface area contributed by atoms with Crippen LogP contribution >= 0.6 is 0 Å². The van der Waals surface area contributed by atoms with Crippen molar-refractivity contribution >= 4 is 0 Å². The summed E-state index contributed by atoms with van der Waals surface area (Å²) in [6.45, 7) is 2.15. The number of aliphatic hydroxyl groups excluding tert-OH is 2. The maximum Gasteiger partial charge on any atom is 0.103 e. The standard InChI is InChI=1S/C6H12O3/c1-4-2-5(7)6(8)3-9-4/h4-8H,2-3H2,1H3/t4-,5?,6?/m0/s1. The Balaban J connectivity index is 2.35. The summed E-state index contributed by atoms with van der Waals surface area (Å²) in [5.41, 5.74) is 0. The van der Waals surface area contributed by atoms with E-state index in [1.807, 2.05) is 6.92 Å². The van der Waals surface area contributed by atoms with Gasteiger partial charge in [-0.2, -0.15) is 0 Å². The van der Waals surface area contributed by atoms with E-state index in [0.717, 1.165) is 0 Å². The summed E-state index contributed by atoms with van der Waals surface area (Å²) in [4.78, 5) is 0. The van der Waals surface area contributed by atoms with Crippen molar-refractivity contribution in [2.45, 2.75) is 31.7 Å². The third-order valence-electron chi connectivity index (χ3n) is 1.57. The second kappa shape index (κ2) is 2.64. The van der Waals surface area contributed by atoms with Gasteiger partial charge in [0, 0.05) is 6.42 Å². The largest absolute Gasteiger partial charge is 0.390 e. The number of hydrogen-bond acceptors (Lipinski definition) is 3. The first-order chi connectivity index (χ1) is 4.20. The van der Waals surface area contributed by atoms with Crippen molar-refractivity contribution in [3.8, 4) is 0 Å². The van der Waals surface area contributed by atoms with Crippen LogP contribution in [0.25, 0.3) is 0 Å². The summed E-state index contributed by atoms with van der Waals surface area (Å²) < 4.78 is 5.05. The molecule has 1 rings (SSSR count). The lowest BCUT2D eigenvalue weighted by Crippen LogP contribution is -2.39. The lowest BCUT2D eigenvalue weighted by molar-refractivity contribution is -0.115. The van der Waals surface area contributed by atoms with Gasteiger partial charge >= 0.3 is 0 Å². The minimum Gasteiger partial charge on any atom is -0.390 e. The van der Waals surface area contributed by atoms with Gasteiger partial charge in [0.25, 0.3) is 0 Å². The zero-order chi connectivity index (χ0) is 6.85. The molecule has 3 heteroatoms. The van der Waals surface area contributed by atoms with Gasteiger partial charge in [0.15, 0.2) is 0 Å². The molecule has 0 aromatic heterocycles. The highest BCUT2D eigenvalue weighted by molar-refractivity contribution is 4.74. The molecule has 9 heavy (non-hydrogen) atoms. The Labute approximate surface area is 54.3 Å². The molecule has 2 unspecified atom stereocenters. The number of rotatable bonds is 0. The summed E-state index contributed by atoms with van der Waals surface area (Å²) in [6, 6.07) is 0. The second-order valence-corrected chi connectivity index (χ2v) is 2.51. The van der Waals surface area contributed by atoms with Crippen LogP contribution < -0.4 is 0 Å². The van der Waals surface area contributed by atoms with E-state index >= 15 is 0 Å². The smallest absolute Gasteiger partial charge is 0.103 e.